The zero-order chi connectivity index (χ0) is 35.0. The van der Waals surface area contributed by atoms with Crippen molar-refractivity contribution in [2.75, 3.05) is 0 Å². The normalized spacial score (nSPS) is 11.4. The van der Waals surface area contributed by atoms with Crippen LogP contribution in [0.4, 0.5) is 0 Å². The molecule has 0 atom stereocenters. The summed E-state index contributed by atoms with van der Waals surface area (Å²) in [4.78, 5) is 4.80. The number of fused-ring (bicyclic) bond motifs is 2. The van der Waals surface area contributed by atoms with E-state index in [1.165, 1.54) is 15.6 Å². The summed E-state index contributed by atoms with van der Waals surface area (Å²) >= 11 is 1.76. The van der Waals surface area contributed by atoms with Crippen molar-refractivity contribution in [2.24, 2.45) is 0 Å². The van der Waals surface area contributed by atoms with Crippen molar-refractivity contribution in [2.45, 2.75) is 19.8 Å². The SMILES string of the molecule is CC(C)c1csc2c(-c3cccc(Oc4cccc(-n5[c-][n+](-c6c(-c7ccccc7)cccc6-c6ccccc6)c6ccccc65)c4)c3)nccc12. The fourth-order valence-corrected chi connectivity index (χ4v) is 8.30. The van der Waals surface area contributed by atoms with Gasteiger partial charge in [0, 0.05) is 11.8 Å². The number of hydrogen-bond acceptors (Lipinski definition) is 3. The van der Waals surface area contributed by atoms with Crippen LogP contribution in [0.25, 0.3) is 66.0 Å². The minimum atomic E-state index is 0.458. The van der Waals surface area contributed by atoms with Crippen LogP contribution in [-0.4, -0.2) is 9.55 Å². The first kappa shape index (κ1) is 31.7. The quantitative estimate of drug-likeness (QED) is 0.117. The maximum absolute atomic E-state index is 6.56. The summed E-state index contributed by atoms with van der Waals surface area (Å²) < 4.78 is 12.1. The van der Waals surface area contributed by atoms with E-state index in [1.807, 2.05) is 30.5 Å². The van der Waals surface area contributed by atoms with Crippen molar-refractivity contribution in [1.29, 1.82) is 0 Å². The Kier molecular flexibility index (Phi) is 8.18. The molecule has 0 aliphatic rings. The highest BCUT2D eigenvalue weighted by molar-refractivity contribution is 7.18. The molecule has 0 N–H and O–H groups in total. The van der Waals surface area contributed by atoms with Gasteiger partial charge < -0.3 is 4.74 Å². The van der Waals surface area contributed by atoms with E-state index in [1.54, 1.807) is 11.3 Å². The van der Waals surface area contributed by atoms with Gasteiger partial charge in [0.2, 0.25) is 0 Å². The monoisotopic (exact) mass is 689 g/mol. The first-order chi connectivity index (χ1) is 25.6. The zero-order valence-electron chi connectivity index (χ0n) is 28.9. The molecule has 3 heterocycles. The second-order valence-corrected chi connectivity index (χ2v) is 14.1. The average Bonchev–Trinajstić information content (AvgIpc) is 3.81. The van der Waals surface area contributed by atoms with E-state index in [2.05, 4.69) is 168 Å². The molecule has 0 amide bonds. The van der Waals surface area contributed by atoms with Gasteiger partial charge in [-0.05, 0) is 80.9 Å². The van der Waals surface area contributed by atoms with Crippen LogP contribution in [-0.2, 0) is 0 Å². The van der Waals surface area contributed by atoms with Crippen LogP contribution in [0.2, 0.25) is 0 Å². The first-order valence-corrected chi connectivity index (χ1v) is 18.4. The van der Waals surface area contributed by atoms with Gasteiger partial charge in [-0.3, -0.25) is 14.1 Å². The van der Waals surface area contributed by atoms with E-state index in [0.717, 1.165) is 67.4 Å². The molecule has 0 bridgehead atoms. The first-order valence-electron chi connectivity index (χ1n) is 17.6. The Morgan fingerprint density at radius 3 is 2.02 bits per heavy atom. The van der Waals surface area contributed by atoms with Crippen molar-refractivity contribution >= 4 is 32.5 Å². The van der Waals surface area contributed by atoms with Crippen LogP contribution in [0.3, 0.4) is 0 Å². The van der Waals surface area contributed by atoms with E-state index < -0.39 is 0 Å². The van der Waals surface area contributed by atoms with E-state index in [-0.39, 0.29) is 0 Å². The van der Waals surface area contributed by atoms with Crippen molar-refractivity contribution in [3.63, 3.8) is 0 Å². The van der Waals surface area contributed by atoms with Gasteiger partial charge in [-0.1, -0.05) is 135 Å². The lowest BCUT2D eigenvalue weighted by Gasteiger charge is -2.17. The van der Waals surface area contributed by atoms with E-state index >= 15 is 0 Å². The zero-order valence-corrected chi connectivity index (χ0v) is 29.7. The molecule has 0 unspecified atom stereocenters. The van der Waals surface area contributed by atoms with Crippen molar-refractivity contribution in [3.05, 3.63) is 181 Å². The molecule has 9 aromatic rings. The number of aromatic nitrogens is 3. The molecular formula is C47H35N3OS. The Hall–Kier alpha value is -6.30. The fraction of sp³-hybridized carbons (Fsp3) is 0.0638. The molecule has 9 rings (SSSR count). The number of hydrogen-bond donors (Lipinski definition) is 0. The summed E-state index contributed by atoms with van der Waals surface area (Å²) in [6.07, 6.45) is 5.68. The third kappa shape index (κ3) is 5.75. The molecule has 6 aromatic carbocycles. The van der Waals surface area contributed by atoms with Crippen LogP contribution in [0, 0.1) is 6.33 Å². The molecule has 5 heteroatoms. The largest absolute Gasteiger partial charge is 0.458 e. The van der Waals surface area contributed by atoms with E-state index in [4.69, 9.17) is 9.72 Å². The molecule has 250 valence electrons. The lowest BCUT2D eigenvalue weighted by molar-refractivity contribution is -0.571. The number of pyridine rings is 1. The Morgan fingerprint density at radius 1 is 0.654 bits per heavy atom. The van der Waals surface area contributed by atoms with Crippen molar-refractivity contribution < 1.29 is 9.30 Å². The molecule has 0 fully saturated rings. The second-order valence-electron chi connectivity index (χ2n) is 13.2. The molecule has 3 aromatic heterocycles. The molecule has 0 aliphatic heterocycles. The molecular weight excluding hydrogens is 655 g/mol. The Labute approximate surface area is 307 Å². The minimum Gasteiger partial charge on any atom is -0.458 e. The number of rotatable bonds is 8. The van der Waals surface area contributed by atoms with Crippen LogP contribution in [0.1, 0.15) is 25.3 Å². The molecule has 0 radical (unpaired) electrons. The molecule has 0 spiro atoms. The maximum atomic E-state index is 6.56. The summed E-state index contributed by atoms with van der Waals surface area (Å²) in [5.41, 5.74) is 12.1. The molecule has 4 nitrogen and oxygen atoms in total. The van der Waals surface area contributed by atoms with Crippen LogP contribution < -0.4 is 9.30 Å². The number of nitrogens with zero attached hydrogens (tertiary/aromatic N) is 3. The van der Waals surface area contributed by atoms with Crippen molar-refractivity contribution in [1.82, 2.24) is 9.55 Å². The topological polar surface area (TPSA) is 30.9 Å². The third-order valence-corrected chi connectivity index (χ3v) is 10.6. The van der Waals surface area contributed by atoms with Gasteiger partial charge >= 0.3 is 0 Å². The second kappa shape index (κ2) is 13.4. The Morgan fingerprint density at radius 2 is 1.29 bits per heavy atom. The van der Waals surface area contributed by atoms with Crippen LogP contribution in [0.5, 0.6) is 11.5 Å². The summed E-state index contributed by atoms with van der Waals surface area (Å²) in [5.74, 6) is 1.96. The third-order valence-electron chi connectivity index (χ3n) is 9.55. The van der Waals surface area contributed by atoms with Gasteiger partial charge in [0.1, 0.15) is 11.5 Å². The lowest BCUT2D eigenvalue weighted by Crippen LogP contribution is -2.31. The van der Waals surface area contributed by atoms with Gasteiger partial charge in [-0.15, -0.1) is 11.3 Å². The highest BCUT2D eigenvalue weighted by Crippen LogP contribution is 2.38. The number of benzene rings is 6. The van der Waals surface area contributed by atoms with Gasteiger partial charge in [0.25, 0.3) is 6.33 Å². The molecule has 0 saturated heterocycles. The average molecular weight is 690 g/mol. The Balaban J connectivity index is 1.13. The molecule has 0 aliphatic carbocycles. The summed E-state index contributed by atoms with van der Waals surface area (Å²) in [6, 6.07) is 54.8. The number of imidazole rings is 1. The van der Waals surface area contributed by atoms with Gasteiger partial charge in [0.15, 0.2) is 0 Å². The molecule has 0 saturated carbocycles. The summed E-state index contributed by atoms with van der Waals surface area (Å²) in [5, 5.41) is 3.54. The maximum Gasteiger partial charge on any atom is 0.269 e. The highest BCUT2D eigenvalue weighted by atomic mass is 32.1. The highest BCUT2D eigenvalue weighted by Gasteiger charge is 2.20. The minimum absolute atomic E-state index is 0.458. The van der Waals surface area contributed by atoms with E-state index in [0.29, 0.717) is 5.92 Å². The van der Waals surface area contributed by atoms with Gasteiger partial charge in [-0.2, -0.15) is 0 Å². The number of thiophene rings is 1. The smallest absolute Gasteiger partial charge is 0.269 e. The summed E-state index contributed by atoms with van der Waals surface area (Å²) in [7, 11) is 0. The number of para-hydroxylation sites is 3. The fourth-order valence-electron chi connectivity index (χ4n) is 7.07. The van der Waals surface area contributed by atoms with Crippen molar-refractivity contribution in [3.8, 4) is 56.4 Å². The van der Waals surface area contributed by atoms with Crippen LogP contribution >= 0.6 is 11.3 Å². The van der Waals surface area contributed by atoms with Gasteiger partial charge in [0.05, 0.1) is 32.8 Å². The van der Waals surface area contributed by atoms with Crippen LogP contribution in [0.15, 0.2) is 169 Å². The van der Waals surface area contributed by atoms with E-state index in [9.17, 15) is 0 Å². The van der Waals surface area contributed by atoms with Gasteiger partial charge in [-0.25, -0.2) is 0 Å². The summed E-state index contributed by atoms with van der Waals surface area (Å²) in [6.45, 7) is 4.48. The molecule has 52 heavy (non-hydrogen) atoms. The standard InChI is InChI=1S/C47H35N3OS/c1-32(2)42-30-52-47-41(42)26-27-48-45(47)35-18-11-20-37(28-35)51-38-21-12-19-36(29-38)49-31-50(44-25-10-9-24-43(44)49)46-39(33-14-5-3-6-15-33)22-13-23-40(46)34-16-7-4-8-17-34/h3-30,32H,1-2H3. The lowest BCUT2D eigenvalue weighted by atomic mass is 9.95. The Bertz CT molecular complexity index is 2630. The predicted molar refractivity (Wildman–Crippen MR) is 214 cm³/mol. The number of ether oxygens (including phenoxy) is 1. The predicted octanol–water partition coefficient (Wildman–Crippen LogP) is 12.2.